The number of hydrogen-bond donors (Lipinski definition) is 1. The molecule has 0 amide bonds. The molecule has 24 heavy (non-hydrogen) atoms. The third kappa shape index (κ3) is 3.33. The lowest BCUT2D eigenvalue weighted by Crippen LogP contribution is -2.42. The molecular formula is C12H13N3O8S. The van der Waals surface area contributed by atoms with E-state index < -0.39 is 48.0 Å². The van der Waals surface area contributed by atoms with Gasteiger partial charge in [0.15, 0.2) is 4.90 Å². The van der Waals surface area contributed by atoms with Gasteiger partial charge in [0, 0.05) is 19.2 Å². The van der Waals surface area contributed by atoms with Gasteiger partial charge in [-0.25, -0.2) is 8.42 Å². The van der Waals surface area contributed by atoms with E-state index in [1.807, 2.05) is 0 Å². The average molecular weight is 359 g/mol. The van der Waals surface area contributed by atoms with Crippen molar-refractivity contribution in [1.82, 2.24) is 4.31 Å². The van der Waals surface area contributed by atoms with Gasteiger partial charge in [-0.05, 0) is 18.9 Å². The molecule has 2 rings (SSSR count). The first kappa shape index (κ1) is 17.7. The Morgan fingerprint density at radius 1 is 1.25 bits per heavy atom. The smallest absolute Gasteiger partial charge is 0.307 e. The normalized spacial score (nSPS) is 18.9. The number of sulfonamides is 1. The third-order valence-electron chi connectivity index (χ3n) is 3.70. The van der Waals surface area contributed by atoms with Gasteiger partial charge in [0.05, 0.1) is 21.8 Å². The number of nitro benzene ring substituents is 2. The van der Waals surface area contributed by atoms with E-state index in [9.17, 15) is 33.4 Å². The standard InChI is InChI=1S/C12H13N3O8S/c16-12(17)8-2-1-5-13(7-8)24(22,23)11-4-3-9(14(18)19)6-10(11)15(20)21/h3-4,6,8H,1-2,5,7H2,(H,16,17)/t8-/m1/s1. The van der Waals surface area contributed by atoms with E-state index in [0.717, 1.165) is 16.4 Å². The summed E-state index contributed by atoms with van der Waals surface area (Å²) < 4.78 is 26.1. The highest BCUT2D eigenvalue weighted by Gasteiger charge is 2.37. The number of piperidine rings is 1. The number of rotatable bonds is 5. The van der Waals surface area contributed by atoms with Gasteiger partial charge in [-0.1, -0.05) is 0 Å². The number of carbonyl (C=O) groups is 1. The van der Waals surface area contributed by atoms with Crippen molar-refractivity contribution < 1.29 is 28.2 Å². The van der Waals surface area contributed by atoms with Crippen LogP contribution >= 0.6 is 0 Å². The molecule has 1 aromatic carbocycles. The molecule has 0 aliphatic carbocycles. The number of carboxylic acids is 1. The van der Waals surface area contributed by atoms with E-state index in [-0.39, 0.29) is 13.1 Å². The van der Waals surface area contributed by atoms with Crippen molar-refractivity contribution in [2.24, 2.45) is 5.92 Å². The van der Waals surface area contributed by atoms with Crippen molar-refractivity contribution in [3.05, 3.63) is 38.4 Å². The van der Waals surface area contributed by atoms with Crippen LogP contribution < -0.4 is 0 Å². The van der Waals surface area contributed by atoms with Gasteiger partial charge in [-0.3, -0.25) is 25.0 Å². The van der Waals surface area contributed by atoms with Gasteiger partial charge >= 0.3 is 5.97 Å². The highest BCUT2D eigenvalue weighted by Crippen LogP contribution is 2.32. The van der Waals surface area contributed by atoms with Crippen LogP contribution in [0, 0.1) is 26.1 Å². The molecule has 11 nitrogen and oxygen atoms in total. The molecule has 1 fully saturated rings. The molecule has 1 aliphatic heterocycles. The number of aliphatic carboxylic acids is 1. The quantitative estimate of drug-likeness (QED) is 0.601. The minimum absolute atomic E-state index is 0.0280. The van der Waals surface area contributed by atoms with E-state index in [1.165, 1.54) is 0 Å². The molecule has 0 unspecified atom stereocenters. The zero-order valence-electron chi connectivity index (χ0n) is 12.2. The Hall–Kier alpha value is -2.60. The Morgan fingerprint density at radius 3 is 2.46 bits per heavy atom. The van der Waals surface area contributed by atoms with Gasteiger partial charge < -0.3 is 5.11 Å². The molecule has 1 N–H and O–H groups in total. The summed E-state index contributed by atoms with van der Waals surface area (Å²) in [5.41, 5.74) is -1.52. The molecule has 0 saturated carbocycles. The molecular weight excluding hydrogens is 346 g/mol. The number of nitrogens with zero attached hydrogens (tertiary/aromatic N) is 3. The maximum absolute atomic E-state index is 12.6. The van der Waals surface area contributed by atoms with Crippen LogP contribution in [0.1, 0.15) is 12.8 Å². The van der Waals surface area contributed by atoms with Crippen LogP contribution in [0.5, 0.6) is 0 Å². The van der Waals surface area contributed by atoms with Crippen LogP contribution in [0.2, 0.25) is 0 Å². The predicted octanol–water partition coefficient (Wildman–Crippen LogP) is 0.988. The van der Waals surface area contributed by atoms with Gasteiger partial charge in [0.25, 0.3) is 11.4 Å². The monoisotopic (exact) mass is 359 g/mol. The van der Waals surface area contributed by atoms with E-state index in [0.29, 0.717) is 18.9 Å². The first-order valence-corrected chi connectivity index (χ1v) is 8.24. The van der Waals surface area contributed by atoms with Crippen molar-refractivity contribution in [2.45, 2.75) is 17.7 Å². The molecule has 1 aliphatic rings. The summed E-state index contributed by atoms with van der Waals surface area (Å²) in [6, 6.07) is 2.24. The summed E-state index contributed by atoms with van der Waals surface area (Å²) in [5, 5.41) is 30.8. The van der Waals surface area contributed by atoms with Gasteiger partial charge in [0.2, 0.25) is 10.0 Å². The van der Waals surface area contributed by atoms with Crippen molar-refractivity contribution in [3.8, 4) is 0 Å². The minimum Gasteiger partial charge on any atom is -0.481 e. The SMILES string of the molecule is O=C(O)[C@@H]1CCCN(S(=O)(=O)c2ccc([N+](=O)[O-])cc2[N+](=O)[O-])C1. The van der Waals surface area contributed by atoms with E-state index in [1.54, 1.807) is 0 Å². The Bertz CT molecular complexity index is 807. The lowest BCUT2D eigenvalue weighted by molar-refractivity contribution is -0.396. The van der Waals surface area contributed by atoms with Gasteiger partial charge in [0.1, 0.15) is 0 Å². The Labute approximate surface area is 135 Å². The van der Waals surface area contributed by atoms with E-state index in [2.05, 4.69) is 0 Å². The molecule has 1 atom stereocenters. The van der Waals surface area contributed by atoms with Gasteiger partial charge in [-0.2, -0.15) is 4.31 Å². The number of non-ortho nitro benzene ring substituents is 1. The third-order valence-corrected chi connectivity index (χ3v) is 5.61. The largest absolute Gasteiger partial charge is 0.481 e. The summed E-state index contributed by atoms with van der Waals surface area (Å²) >= 11 is 0. The molecule has 0 aromatic heterocycles. The second-order valence-corrected chi connectivity index (χ2v) is 7.11. The van der Waals surface area contributed by atoms with Crippen LogP contribution in [-0.4, -0.2) is 46.7 Å². The topological polar surface area (TPSA) is 161 Å². The molecule has 1 heterocycles. The van der Waals surface area contributed by atoms with Crippen LogP contribution in [0.15, 0.2) is 23.1 Å². The highest BCUT2D eigenvalue weighted by atomic mass is 32.2. The number of carboxylic acid groups (broad SMARTS) is 1. The number of benzene rings is 1. The van der Waals surface area contributed by atoms with E-state index in [4.69, 9.17) is 5.11 Å². The summed E-state index contributed by atoms with van der Waals surface area (Å²) in [4.78, 5) is 30.3. The summed E-state index contributed by atoms with van der Waals surface area (Å²) in [6.45, 7) is -0.272. The number of hydrogen-bond acceptors (Lipinski definition) is 7. The first-order valence-electron chi connectivity index (χ1n) is 6.80. The Kier molecular flexibility index (Phi) is 4.80. The van der Waals surface area contributed by atoms with Crippen molar-refractivity contribution >= 4 is 27.4 Å². The van der Waals surface area contributed by atoms with Crippen LogP contribution in [-0.2, 0) is 14.8 Å². The van der Waals surface area contributed by atoms with Gasteiger partial charge in [-0.15, -0.1) is 0 Å². The van der Waals surface area contributed by atoms with E-state index >= 15 is 0 Å². The summed E-state index contributed by atoms with van der Waals surface area (Å²) in [5.74, 6) is -2.04. The summed E-state index contributed by atoms with van der Waals surface area (Å²) in [6.07, 6.45) is 0.612. The Morgan fingerprint density at radius 2 is 1.92 bits per heavy atom. The molecule has 130 valence electrons. The molecule has 12 heteroatoms. The fourth-order valence-corrected chi connectivity index (χ4v) is 4.14. The molecule has 1 aromatic rings. The van der Waals surface area contributed by atoms with Crippen molar-refractivity contribution in [1.29, 1.82) is 0 Å². The molecule has 0 spiro atoms. The van der Waals surface area contributed by atoms with Crippen LogP contribution in [0.4, 0.5) is 11.4 Å². The van der Waals surface area contributed by atoms with Crippen molar-refractivity contribution in [2.75, 3.05) is 13.1 Å². The minimum atomic E-state index is -4.34. The Balaban J connectivity index is 2.47. The van der Waals surface area contributed by atoms with Crippen LogP contribution in [0.3, 0.4) is 0 Å². The maximum atomic E-state index is 12.6. The fraction of sp³-hybridized carbons (Fsp3) is 0.417. The summed E-state index contributed by atoms with van der Waals surface area (Å²) in [7, 11) is -4.34. The lowest BCUT2D eigenvalue weighted by atomic mass is 10.0. The maximum Gasteiger partial charge on any atom is 0.307 e. The second kappa shape index (κ2) is 6.49. The zero-order valence-corrected chi connectivity index (χ0v) is 13.0. The number of nitro groups is 2. The lowest BCUT2D eigenvalue weighted by Gasteiger charge is -2.29. The van der Waals surface area contributed by atoms with Crippen LogP contribution in [0.25, 0.3) is 0 Å². The molecule has 0 bridgehead atoms. The zero-order chi connectivity index (χ0) is 18.1. The fourth-order valence-electron chi connectivity index (χ4n) is 2.48. The predicted molar refractivity (Wildman–Crippen MR) is 78.9 cm³/mol. The molecule has 0 radical (unpaired) electrons. The average Bonchev–Trinajstić information content (AvgIpc) is 2.54. The highest BCUT2D eigenvalue weighted by molar-refractivity contribution is 7.89. The second-order valence-electron chi connectivity index (χ2n) is 5.21. The van der Waals surface area contributed by atoms with Crippen molar-refractivity contribution in [3.63, 3.8) is 0 Å². The first-order chi connectivity index (χ1) is 11.1. The molecule has 1 saturated heterocycles.